The zero-order valence-electron chi connectivity index (χ0n) is 21.1. The first kappa shape index (κ1) is 26.2. The molecule has 6 nitrogen and oxygen atoms in total. The lowest BCUT2D eigenvalue weighted by atomic mass is 9.98. The molecular weight excluding hydrogens is 431 g/mol. The molecule has 0 aromatic heterocycles. The molecule has 1 aromatic carbocycles. The van der Waals surface area contributed by atoms with Crippen LogP contribution in [-0.4, -0.2) is 71.9 Å². The number of urea groups is 1. The lowest BCUT2D eigenvalue weighted by molar-refractivity contribution is -0.135. The molecule has 3 rings (SSSR count). The lowest BCUT2D eigenvalue weighted by Gasteiger charge is -2.41. The molecule has 0 aliphatic carbocycles. The fourth-order valence-electron chi connectivity index (χ4n) is 5.08. The number of nitrogens with zero attached hydrogens (tertiary/aromatic N) is 3. The number of amides is 3. The Morgan fingerprint density at radius 3 is 2.06 bits per heavy atom. The summed E-state index contributed by atoms with van der Waals surface area (Å²) in [6.07, 6.45) is 4.99. The quantitative estimate of drug-likeness (QED) is 0.591. The Hall–Kier alpha value is -2.41. The summed E-state index contributed by atoms with van der Waals surface area (Å²) >= 11 is 0. The summed E-state index contributed by atoms with van der Waals surface area (Å²) in [7, 11) is 0. The van der Waals surface area contributed by atoms with Gasteiger partial charge < -0.3 is 15.1 Å². The normalized spacial score (nSPS) is 19.4. The summed E-state index contributed by atoms with van der Waals surface area (Å²) in [6, 6.07) is 5.96. The highest BCUT2D eigenvalue weighted by Crippen LogP contribution is 2.28. The summed E-state index contributed by atoms with van der Waals surface area (Å²) in [5, 5.41) is 3.06. The van der Waals surface area contributed by atoms with Crippen LogP contribution in [0, 0.1) is 11.7 Å². The van der Waals surface area contributed by atoms with Crippen LogP contribution in [-0.2, 0) is 4.79 Å². The second-order valence-corrected chi connectivity index (χ2v) is 10.2. The van der Waals surface area contributed by atoms with E-state index in [2.05, 4.69) is 30.6 Å². The standard InChI is InChI=1S/C27H41FN4O2/c1-20(2)19-24(29-27(34)32-13-7-5-6-8-14-32)26(33)31-17-15-30(16-18-31)25(21(3)4)22-9-11-23(28)12-10-22/h9-12,20,24-25H,3,5-8,13-19H2,1-2,4H3,(H,29,34)/t24-,25?/m1/s1. The van der Waals surface area contributed by atoms with Crippen LogP contribution in [0.25, 0.3) is 0 Å². The minimum atomic E-state index is -0.503. The minimum Gasteiger partial charge on any atom is -0.338 e. The second-order valence-electron chi connectivity index (χ2n) is 10.2. The van der Waals surface area contributed by atoms with Gasteiger partial charge in [-0.2, -0.15) is 0 Å². The van der Waals surface area contributed by atoms with E-state index in [9.17, 15) is 14.0 Å². The largest absolute Gasteiger partial charge is 0.338 e. The molecule has 2 aliphatic rings. The second kappa shape index (κ2) is 12.3. The number of carbonyl (C=O) groups is 2. The zero-order valence-corrected chi connectivity index (χ0v) is 21.1. The number of hydrogen-bond acceptors (Lipinski definition) is 3. The summed E-state index contributed by atoms with van der Waals surface area (Å²) in [5.74, 6) is 0.0502. The number of halogens is 1. The molecule has 2 saturated heterocycles. The van der Waals surface area contributed by atoms with Crippen molar-refractivity contribution in [1.82, 2.24) is 20.0 Å². The van der Waals surface area contributed by atoms with Gasteiger partial charge in [-0.25, -0.2) is 9.18 Å². The predicted octanol–water partition coefficient (Wildman–Crippen LogP) is 4.59. The number of carbonyl (C=O) groups excluding carboxylic acids is 2. The van der Waals surface area contributed by atoms with Gasteiger partial charge in [0.05, 0.1) is 6.04 Å². The summed E-state index contributed by atoms with van der Waals surface area (Å²) < 4.78 is 13.4. The van der Waals surface area contributed by atoms with E-state index in [4.69, 9.17) is 0 Å². The SMILES string of the molecule is C=C(C)C(c1ccc(F)cc1)N1CCN(C(=O)[C@@H](CC(C)C)NC(=O)N2CCCCCC2)CC1. The molecule has 0 saturated carbocycles. The van der Waals surface area contributed by atoms with E-state index in [0.29, 0.717) is 38.5 Å². The van der Waals surface area contributed by atoms with E-state index in [1.165, 1.54) is 12.1 Å². The number of hydrogen-bond donors (Lipinski definition) is 1. The predicted molar refractivity (Wildman–Crippen MR) is 134 cm³/mol. The van der Waals surface area contributed by atoms with Crippen LogP contribution in [0.15, 0.2) is 36.4 Å². The molecule has 0 radical (unpaired) electrons. The third-order valence-electron chi connectivity index (χ3n) is 6.84. The molecule has 0 bridgehead atoms. The van der Waals surface area contributed by atoms with Crippen molar-refractivity contribution in [3.8, 4) is 0 Å². The molecule has 3 amide bonds. The molecule has 2 aliphatic heterocycles. The van der Waals surface area contributed by atoms with Gasteiger partial charge >= 0.3 is 6.03 Å². The molecule has 7 heteroatoms. The monoisotopic (exact) mass is 472 g/mol. The fourth-order valence-corrected chi connectivity index (χ4v) is 5.08. The van der Waals surface area contributed by atoms with E-state index in [-0.39, 0.29) is 23.8 Å². The van der Waals surface area contributed by atoms with Crippen LogP contribution in [0.3, 0.4) is 0 Å². The molecule has 1 unspecified atom stereocenters. The van der Waals surface area contributed by atoms with Crippen molar-refractivity contribution >= 4 is 11.9 Å². The summed E-state index contributed by atoms with van der Waals surface area (Å²) in [5.41, 5.74) is 2.00. The first-order chi connectivity index (χ1) is 16.3. The Bertz CT molecular complexity index is 826. The van der Waals surface area contributed by atoms with E-state index in [0.717, 1.165) is 49.9 Å². The highest BCUT2D eigenvalue weighted by Gasteiger charge is 2.32. The molecular formula is C27H41FN4O2. The van der Waals surface area contributed by atoms with Gasteiger partial charge in [-0.05, 0) is 49.8 Å². The van der Waals surface area contributed by atoms with Crippen LogP contribution >= 0.6 is 0 Å². The Balaban J connectivity index is 1.62. The van der Waals surface area contributed by atoms with Gasteiger partial charge in [0.1, 0.15) is 11.9 Å². The molecule has 34 heavy (non-hydrogen) atoms. The first-order valence-electron chi connectivity index (χ1n) is 12.8. The van der Waals surface area contributed by atoms with Crippen molar-refractivity contribution in [3.05, 3.63) is 47.8 Å². The Morgan fingerprint density at radius 1 is 0.941 bits per heavy atom. The van der Waals surface area contributed by atoms with E-state index in [1.54, 1.807) is 0 Å². The topological polar surface area (TPSA) is 55.9 Å². The van der Waals surface area contributed by atoms with Crippen LogP contribution < -0.4 is 5.32 Å². The number of likely N-dealkylation sites (tertiary alicyclic amines) is 1. The van der Waals surface area contributed by atoms with Crippen LogP contribution in [0.5, 0.6) is 0 Å². The fraction of sp³-hybridized carbons (Fsp3) is 0.630. The molecule has 188 valence electrons. The van der Waals surface area contributed by atoms with Gasteiger partial charge in [0.15, 0.2) is 0 Å². The zero-order chi connectivity index (χ0) is 24.7. The summed E-state index contributed by atoms with van der Waals surface area (Å²) in [4.78, 5) is 32.4. The van der Waals surface area contributed by atoms with E-state index in [1.807, 2.05) is 28.9 Å². The van der Waals surface area contributed by atoms with Gasteiger partial charge in [-0.15, -0.1) is 0 Å². The minimum absolute atomic E-state index is 0.00480. The maximum atomic E-state index is 13.5. The number of nitrogens with one attached hydrogen (secondary N) is 1. The van der Waals surface area contributed by atoms with Crippen molar-refractivity contribution in [2.24, 2.45) is 5.92 Å². The van der Waals surface area contributed by atoms with Gasteiger partial charge in [0, 0.05) is 39.3 Å². The molecule has 2 fully saturated rings. The van der Waals surface area contributed by atoms with Crippen molar-refractivity contribution in [2.45, 2.75) is 65.0 Å². The van der Waals surface area contributed by atoms with Gasteiger partial charge in [0.25, 0.3) is 0 Å². The van der Waals surface area contributed by atoms with Crippen molar-refractivity contribution < 1.29 is 14.0 Å². The lowest BCUT2D eigenvalue weighted by Crippen LogP contribution is -2.57. The highest BCUT2D eigenvalue weighted by atomic mass is 19.1. The Morgan fingerprint density at radius 2 is 1.53 bits per heavy atom. The number of piperazine rings is 1. The molecule has 2 atom stereocenters. The van der Waals surface area contributed by atoms with Crippen LogP contribution in [0.2, 0.25) is 0 Å². The van der Waals surface area contributed by atoms with Crippen molar-refractivity contribution in [2.75, 3.05) is 39.3 Å². The van der Waals surface area contributed by atoms with Crippen LogP contribution in [0.1, 0.15) is 64.5 Å². The average Bonchev–Trinajstić information content (AvgIpc) is 3.09. The highest BCUT2D eigenvalue weighted by molar-refractivity contribution is 5.87. The number of benzene rings is 1. The van der Waals surface area contributed by atoms with Gasteiger partial charge in [0.2, 0.25) is 5.91 Å². The smallest absolute Gasteiger partial charge is 0.318 e. The summed E-state index contributed by atoms with van der Waals surface area (Å²) in [6.45, 7) is 14.4. The average molecular weight is 473 g/mol. The van der Waals surface area contributed by atoms with Crippen molar-refractivity contribution in [3.63, 3.8) is 0 Å². The molecule has 0 spiro atoms. The van der Waals surface area contributed by atoms with E-state index < -0.39 is 6.04 Å². The third kappa shape index (κ3) is 7.05. The van der Waals surface area contributed by atoms with Gasteiger partial charge in [-0.3, -0.25) is 9.69 Å². The van der Waals surface area contributed by atoms with Crippen LogP contribution in [0.4, 0.5) is 9.18 Å². The Labute approximate surface area is 204 Å². The van der Waals surface area contributed by atoms with Gasteiger partial charge in [-0.1, -0.05) is 51.0 Å². The van der Waals surface area contributed by atoms with Crippen molar-refractivity contribution in [1.29, 1.82) is 0 Å². The third-order valence-corrected chi connectivity index (χ3v) is 6.84. The molecule has 1 aromatic rings. The Kier molecular flexibility index (Phi) is 9.51. The number of rotatable bonds is 7. The first-order valence-corrected chi connectivity index (χ1v) is 12.8. The molecule has 2 heterocycles. The maximum Gasteiger partial charge on any atom is 0.318 e. The van der Waals surface area contributed by atoms with E-state index >= 15 is 0 Å². The molecule has 1 N–H and O–H groups in total. The maximum absolute atomic E-state index is 13.5.